The Hall–Kier alpha value is -6.38. The molecule has 0 unspecified atom stereocenters. The van der Waals surface area contributed by atoms with Crippen LogP contribution in [0.15, 0.2) is 60.7 Å². The number of likely N-dealkylation sites (tertiary alicyclic amines) is 1. The minimum Gasteiger partial charge on any atom is -0.393 e. The number of carbonyl (C=O) groups excluding carboxylic acids is 10. The number of hydrogen-bond acceptors (Lipinski definition) is 13. The van der Waals surface area contributed by atoms with Gasteiger partial charge in [-0.05, 0) is 126 Å². The number of piperidine rings is 1. The summed E-state index contributed by atoms with van der Waals surface area (Å²) in [5, 5.41) is 19.8. The second kappa shape index (κ2) is 38.6. The Kier molecular flexibility index (Phi) is 32.7. The zero-order valence-electron chi connectivity index (χ0n) is 57.5. The number of nitrogens with one attached hydrogen (secondary N) is 3. The van der Waals surface area contributed by atoms with E-state index in [9.17, 15) is 53.1 Å². The molecule has 0 saturated carbocycles. The van der Waals surface area contributed by atoms with E-state index in [2.05, 4.69) is 16.0 Å². The summed E-state index contributed by atoms with van der Waals surface area (Å²) >= 11 is 0. The third-order valence-corrected chi connectivity index (χ3v) is 18.0. The molecule has 4 N–H and O–H groups in total. The molecule has 7 amide bonds. The molecule has 0 radical (unpaired) electrons. The van der Waals surface area contributed by atoms with Gasteiger partial charge in [-0.2, -0.15) is 0 Å². The monoisotopic (exact) mass is 1270 g/mol. The first-order chi connectivity index (χ1) is 42.9. The summed E-state index contributed by atoms with van der Waals surface area (Å²) < 4.78 is 0. The smallest absolute Gasteiger partial charge is 0.245 e. The highest BCUT2D eigenvalue weighted by molar-refractivity contribution is 5.95. The molecule has 2 aliphatic rings. The van der Waals surface area contributed by atoms with Crippen LogP contribution >= 0.6 is 0 Å². The van der Waals surface area contributed by atoms with E-state index < -0.39 is 65.9 Å². The number of nitrogens with zero attached hydrogens (tertiary/aromatic N) is 6. The number of benzene rings is 2. The number of aliphatic hydroxyl groups is 1. The second-order valence-electron chi connectivity index (χ2n) is 28.1. The maximum Gasteiger partial charge on any atom is 0.245 e. The van der Waals surface area contributed by atoms with E-state index in [-0.39, 0.29) is 148 Å². The third-order valence-electron chi connectivity index (χ3n) is 18.0. The standard InChI is InChI=1S/C71H113N9O11/c1-47(2)32-57-42-72-68(88)62(38-54-26-20-16-21-27-54)76(11)45-59(83)37-55(36-53-24-18-15-19-25-53)44-75(10)46-64(84)60(33-48(3)4)73-65(85)35-51(8)78(13)67(87)40-56(52(9)81)39-58(82)29-28-50(7)43-77(12)66(86)41-61(71(91)80-30-22-17-23-31-80)74-69(89)63(34-49(5)6)79(14)70(57)90/h15-16,18-21,24-27,47-52,55-57,60-63,81H,17,22-23,28-46H2,1-14H3,(H,72,88)(H,73,85)(H,74,89)/t50-,51-,52+,55-,56+,57+,60-,61-,62-,63-/m0/s1. The number of amides is 7. The molecule has 2 saturated heterocycles. The van der Waals surface area contributed by atoms with Gasteiger partial charge in [0.05, 0.1) is 43.6 Å². The molecule has 0 aliphatic carbocycles. The molecule has 4 rings (SSSR count). The van der Waals surface area contributed by atoms with Gasteiger partial charge in [0.15, 0.2) is 5.78 Å². The van der Waals surface area contributed by atoms with Crippen LogP contribution < -0.4 is 16.0 Å². The number of likely N-dealkylation sites (N-methyl/N-ethyl adjacent to an activating group) is 3. The fourth-order valence-corrected chi connectivity index (χ4v) is 12.6. The number of rotatable bonds is 12. The van der Waals surface area contributed by atoms with Crippen LogP contribution in [0.2, 0.25) is 0 Å². The number of Topliss-reactive ketones (excluding diaryl/α,β-unsaturated/α-hetero) is 3. The molecular formula is C71H113N9O11. The average Bonchev–Trinajstić information content (AvgIpc) is 3.09. The summed E-state index contributed by atoms with van der Waals surface area (Å²) in [7, 11) is 8.33. The van der Waals surface area contributed by atoms with Crippen molar-refractivity contribution < 1.29 is 53.1 Å². The van der Waals surface area contributed by atoms with Crippen molar-refractivity contribution in [2.75, 3.05) is 81.1 Å². The van der Waals surface area contributed by atoms with E-state index in [0.29, 0.717) is 45.3 Å². The van der Waals surface area contributed by atoms with Crippen molar-refractivity contribution in [2.45, 2.75) is 195 Å². The van der Waals surface area contributed by atoms with Crippen molar-refractivity contribution in [1.29, 1.82) is 0 Å². The lowest BCUT2D eigenvalue weighted by Gasteiger charge is -2.35. The Bertz CT molecular complexity index is 2670. The second-order valence-corrected chi connectivity index (χ2v) is 28.1. The Labute approximate surface area is 544 Å². The highest BCUT2D eigenvalue weighted by Gasteiger charge is 2.38. The topological polar surface area (TPSA) is 246 Å². The quantitative estimate of drug-likeness (QED) is 0.180. The summed E-state index contributed by atoms with van der Waals surface area (Å²) in [6.45, 7) is 18.4. The van der Waals surface area contributed by atoms with Crippen molar-refractivity contribution in [3.05, 3.63) is 71.8 Å². The molecule has 0 spiro atoms. The van der Waals surface area contributed by atoms with Crippen LogP contribution in [0, 0.1) is 41.4 Å². The highest BCUT2D eigenvalue weighted by Crippen LogP contribution is 2.24. The van der Waals surface area contributed by atoms with Crippen molar-refractivity contribution in [3.8, 4) is 0 Å². The summed E-state index contributed by atoms with van der Waals surface area (Å²) in [4.78, 5) is 153. The first-order valence-electron chi connectivity index (χ1n) is 33.6. The normalized spacial score (nSPS) is 26.4. The van der Waals surface area contributed by atoms with Crippen LogP contribution in [0.1, 0.15) is 157 Å². The lowest BCUT2D eigenvalue weighted by molar-refractivity contribution is -0.146. The molecule has 2 fully saturated rings. The van der Waals surface area contributed by atoms with Gasteiger partial charge >= 0.3 is 0 Å². The molecule has 20 heteroatoms. The molecule has 2 heterocycles. The van der Waals surface area contributed by atoms with Crippen molar-refractivity contribution >= 4 is 58.7 Å². The molecule has 20 nitrogen and oxygen atoms in total. The van der Waals surface area contributed by atoms with Gasteiger partial charge < -0.3 is 40.7 Å². The summed E-state index contributed by atoms with van der Waals surface area (Å²) in [6, 6.07) is 14.8. The van der Waals surface area contributed by atoms with Crippen molar-refractivity contribution in [1.82, 2.24) is 45.3 Å². The van der Waals surface area contributed by atoms with E-state index in [1.807, 2.05) is 121 Å². The molecule has 0 bridgehead atoms. The number of hydrogen-bond donors (Lipinski definition) is 4. The summed E-state index contributed by atoms with van der Waals surface area (Å²) in [6.07, 6.45) is 3.28. The van der Waals surface area contributed by atoms with E-state index in [1.54, 1.807) is 51.8 Å². The van der Waals surface area contributed by atoms with Gasteiger partial charge in [-0.15, -0.1) is 0 Å². The number of carbonyl (C=O) groups is 10. The van der Waals surface area contributed by atoms with Crippen LogP contribution in [0.25, 0.3) is 0 Å². The lowest BCUT2D eigenvalue weighted by atomic mass is 9.90. The van der Waals surface area contributed by atoms with Gasteiger partial charge in [0.2, 0.25) is 41.4 Å². The van der Waals surface area contributed by atoms with Crippen LogP contribution in [0.3, 0.4) is 0 Å². The van der Waals surface area contributed by atoms with Crippen molar-refractivity contribution in [2.24, 2.45) is 41.4 Å². The molecule has 2 aromatic carbocycles. The number of aliphatic hydroxyl groups excluding tert-OH is 1. The van der Waals surface area contributed by atoms with Crippen LogP contribution in [0.4, 0.5) is 0 Å². The van der Waals surface area contributed by atoms with Gasteiger partial charge in [0, 0.05) is 97.9 Å². The third kappa shape index (κ3) is 27.0. The van der Waals surface area contributed by atoms with Gasteiger partial charge in [-0.1, -0.05) is 109 Å². The lowest BCUT2D eigenvalue weighted by Crippen LogP contribution is -2.57. The van der Waals surface area contributed by atoms with Gasteiger partial charge in [0.1, 0.15) is 23.7 Å². The molecule has 2 aromatic rings. The van der Waals surface area contributed by atoms with E-state index >= 15 is 0 Å². The fraction of sp³-hybridized carbons (Fsp3) is 0.690. The molecule has 508 valence electrons. The first-order valence-corrected chi connectivity index (χ1v) is 33.6. The predicted octanol–water partition coefficient (Wildman–Crippen LogP) is 6.39. The maximum absolute atomic E-state index is 15.0. The van der Waals surface area contributed by atoms with E-state index in [0.717, 1.165) is 30.4 Å². The summed E-state index contributed by atoms with van der Waals surface area (Å²) in [5.74, 6) is -5.26. The largest absolute Gasteiger partial charge is 0.393 e. The SMILES string of the molecule is CC(C)C[C@@H]1CNC(=O)[C@H](Cc2ccccc2)N(C)CC(=O)C[C@H](Cc2ccccc2)CN(C)CC(=O)[C@H](CC(C)C)NC(=O)C[C@H](C)N(C)C(=O)C[C@H]([C@@H](C)O)CC(=O)CC[C@H](C)CN(C)C(=O)C[C@@H](C(=O)N2CCCCC2)NC(=O)[C@H](CC(C)C)N(C)C1=O. The summed E-state index contributed by atoms with van der Waals surface area (Å²) in [5.41, 5.74) is 1.88. The maximum atomic E-state index is 15.0. The van der Waals surface area contributed by atoms with E-state index in [4.69, 9.17) is 0 Å². The van der Waals surface area contributed by atoms with Gasteiger partial charge in [-0.25, -0.2) is 0 Å². The minimum absolute atomic E-state index is 0.00754. The Morgan fingerprint density at radius 3 is 1.78 bits per heavy atom. The Balaban J connectivity index is 1.73. The molecule has 10 atom stereocenters. The highest BCUT2D eigenvalue weighted by atomic mass is 16.3. The van der Waals surface area contributed by atoms with E-state index in [1.165, 1.54) is 14.7 Å². The fourth-order valence-electron chi connectivity index (χ4n) is 12.6. The predicted molar refractivity (Wildman–Crippen MR) is 355 cm³/mol. The Morgan fingerprint density at radius 1 is 0.604 bits per heavy atom. The van der Waals surface area contributed by atoms with Crippen LogP contribution in [0.5, 0.6) is 0 Å². The molecular weight excluding hydrogens is 1150 g/mol. The zero-order valence-corrected chi connectivity index (χ0v) is 57.5. The van der Waals surface area contributed by atoms with Crippen LogP contribution in [-0.4, -0.2) is 211 Å². The molecule has 2 aliphatic heterocycles. The van der Waals surface area contributed by atoms with Crippen molar-refractivity contribution in [3.63, 3.8) is 0 Å². The first kappa shape index (κ1) is 77.1. The minimum atomic E-state index is -1.24. The molecule has 91 heavy (non-hydrogen) atoms. The van der Waals surface area contributed by atoms with Gasteiger partial charge in [-0.3, -0.25) is 57.7 Å². The molecule has 0 aromatic heterocycles. The zero-order chi connectivity index (χ0) is 67.6. The van der Waals surface area contributed by atoms with Crippen LogP contribution in [-0.2, 0) is 60.8 Å². The van der Waals surface area contributed by atoms with Gasteiger partial charge in [0.25, 0.3) is 0 Å². The Morgan fingerprint density at radius 2 is 1.20 bits per heavy atom. The average molecular weight is 1270 g/mol. The number of ketones is 3.